The maximum atomic E-state index is 12.0. The lowest BCUT2D eigenvalue weighted by atomic mass is 9.68. The quantitative estimate of drug-likeness (QED) is 0.806. The average molecular weight is 252 g/mol. The second-order valence-electron chi connectivity index (χ2n) is 7.45. The molecule has 2 bridgehead atoms. The van der Waals surface area contributed by atoms with E-state index in [2.05, 4.69) is 45.3 Å². The van der Waals surface area contributed by atoms with Gasteiger partial charge in [-0.15, -0.1) is 0 Å². The largest absolute Gasteiger partial charge is 0.351 e. The molecule has 2 rings (SSSR count). The van der Waals surface area contributed by atoms with Crippen molar-refractivity contribution in [1.29, 1.82) is 0 Å². The van der Waals surface area contributed by atoms with Crippen LogP contribution in [0.25, 0.3) is 0 Å². The van der Waals surface area contributed by atoms with E-state index >= 15 is 0 Å². The van der Waals surface area contributed by atoms with Crippen molar-refractivity contribution >= 4 is 5.91 Å². The standard InChI is InChI=1S/C15H28N2O/c1-10(2)16-9-12(18)17-13-14(3,4)11-6-7-15(13,5)8-11/h10-11,13,16H,6-9H2,1-5H3,(H,17,18). The van der Waals surface area contributed by atoms with Gasteiger partial charge in [-0.05, 0) is 36.0 Å². The van der Waals surface area contributed by atoms with Gasteiger partial charge in [-0.3, -0.25) is 4.79 Å². The zero-order valence-corrected chi connectivity index (χ0v) is 12.5. The molecule has 0 aromatic carbocycles. The fourth-order valence-corrected chi connectivity index (χ4v) is 4.17. The molecule has 2 aliphatic carbocycles. The summed E-state index contributed by atoms with van der Waals surface area (Å²) in [5.74, 6) is 0.932. The Bertz CT molecular complexity index is 333. The Balaban J connectivity index is 1.98. The van der Waals surface area contributed by atoms with E-state index in [1.54, 1.807) is 0 Å². The number of amides is 1. The highest BCUT2D eigenvalue weighted by molar-refractivity contribution is 5.78. The SMILES string of the molecule is CC(C)NCC(=O)NC1C2(C)CCC(C2)C1(C)C. The van der Waals surface area contributed by atoms with Crippen LogP contribution in [0, 0.1) is 16.7 Å². The highest BCUT2D eigenvalue weighted by Gasteiger charge is 2.59. The molecule has 1 amide bonds. The van der Waals surface area contributed by atoms with E-state index < -0.39 is 0 Å². The zero-order valence-electron chi connectivity index (χ0n) is 12.5. The molecule has 0 spiro atoms. The number of fused-ring (bicyclic) bond motifs is 2. The van der Waals surface area contributed by atoms with Crippen molar-refractivity contribution in [1.82, 2.24) is 10.6 Å². The molecule has 0 heterocycles. The average Bonchev–Trinajstić information content (AvgIpc) is 2.73. The Morgan fingerprint density at radius 1 is 1.33 bits per heavy atom. The molecule has 104 valence electrons. The van der Waals surface area contributed by atoms with Crippen molar-refractivity contribution in [3.63, 3.8) is 0 Å². The Morgan fingerprint density at radius 2 is 2.00 bits per heavy atom. The molecule has 0 aromatic heterocycles. The summed E-state index contributed by atoms with van der Waals surface area (Å²) < 4.78 is 0. The molecule has 3 nitrogen and oxygen atoms in total. The van der Waals surface area contributed by atoms with Gasteiger partial charge in [-0.1, -0.05) is 34.6 Å². The fourth-order valence-electron chi connectivity index (χ4n) is 4.17. The predicted molar refractivity (Wildman–Crippen MR) is 74.3 cm³/mol. The second kappa shape index (κ2) is 4.52. The number of carbonyl (C=O) groups is 1. The van der Waals surface area contributed by atoms with Crippen molar-refractivity contribution in [2.75, 3.05) is 6.54 Å². The third kappa shape index (κ3) is 2.29. The molecule has 3 unspecified atom stereocenters. The predicted octanol–water partition coefficient (Wildman–Crippen LogP) is 2.32. The number of carbonyl (C=O) groups excluding carboxylic acids is 1. The minimum absolute atomic E-state index is 0.149. The smallest absolute Gasteiger partial charge is 0.234 e. The molecule has 0 aromatic rings. The molecule has 18 heavy (non-hydrogen) atoms. The molecule has 2 N–H and O–H groups in total. The first-order valence-corrected chi connectivity index (χ1v) is 7.28. The van der Waals surface area contributed by atoms with Gasteiger partial charge in [0, 0.05) is 12.1 Å². The Kier molecular flexibility index (Phi) is 3.48. The summed E-state index contributed by atoms with van der Waals surface area (Å²) in [5.41, 5.74) is 0.572. The van der Waals surface area contributed by atoms with Crippen LogP contribution in [0.4, 0.5) is 0 Å². The van der Waals surface area contributed by atoms with Crippen molar-refractivity contribution in [2.45, 2.75) is 66.0 Å². The Morgan fingerprint density at radius 3 is 2.50 bits per heavy atom. The summed E-state index contributed by atoms with van der Waals surface area (Å²) in [6, 6.07) is 0.699. The summed E-state index contributed by atoms with van der Waals surface area (Å²) in [6.45, 7) is 11.6. The van der Waals surface area contributed by atoms with E-state index in [1.165, 1.54) is 19.3 Å². The van der Waals surface area contributed by atoms with Gasteiger partial charge < -0.3 is 10.6 Å². The first-order chi connectivity index (χ1) is 8.25. The van der Waals surface area contributed by atoms with Crippen molar-refractivity contribution in [3.05, 3.63) is 0 Å². The first kappa shape index (κ1) is 13.9. The molecule has 0 saturated heterocycles. The maximum Gasteiger partial charge on any atom is 0.234 e. The lowest BCUT2D eigenvalue weighted by molar-refractivity contribution is -0.123. The fraction of sp³-hybridized carbons (Fsp3) is 0.933. The number of rotatable bonds is 4. The van der Waals surface area contributed by atoms with Gasteiger partial charge in [0.2, 0.25) is 5.91 Å². The number of hydrogen-bond acceptors (Lipinski definition) is 2. The van der Waals surface area contributed by atoms with Gasteiger partial charge in [0.1, 0.15) is 0 Å². The summed E-state index contributed by atoms with van der Waals surface area (Å²) in [4.78, 5) is 12.0. The highest BCUT2D eigenvalue weighted by Crippen LogP contribution is 2.62. The molecule has 3 heteroatoms. The molecule has 2 saturated carbocycles. The van der Waals surface area contributed by atoms with Crippen LogP contribution in [0.2, 0.25) is 0 Å². The molecule has 2 fully saturated rings. The lowest BCUT2D eigenvalue weighted by Gasteiger charge is -2.43. The van der Waals surface area contributed by atoms with Crippen LogP contribution in [0.15, 0.2) is 0 Å². The normalized spacial score (nSPS) is 37.2. The summed E-state index contributed by atoms with van der Waals surface area (Å²) in [6.07, 6.45) is 3.88. The lowest BCUT2D eigenvalue weighted by Crippen LogP contribution is -2.54. The number of hydrogen-bond donors (Lipinski definition) is 2. The third-order valence-electron chi connectivity index (χ3n) is 5.25. The molecule has 0 radical (unpaired) electrons. The van der Waals surface area contributed by atoms with Crippen LogP contribution in [0.3, 0.4) is 0 Å². The van der Waals surface area contributed by atoms with Crippen LogP contribution >= 0.6 is 0 Å². The van der Waals surface area contributed by atoms with Crippen LogP contribution in [0.1, 0.15) is 53.9 Å². The van der Waals surface area contributed by atoms with E-state index in [0.29, 0.717) is 24.0 Å². The Hall–Kier alpha value is -0.570. The minimum Gasteiger partial charge on any atom is -0.351 e. The summed E-state index contributed by atoms with van der Waals surface area (Å²) in [7, 11) is 0. The van der Waals surface area contributed by atoms with Crippen LogP contribution in [-0.2, 0) is 4.79 Å². The van der Waals surface area contributed by atoms with Gasteiger partial charge in [-0.25, -0.2) is 0 Å². The van der Waals surface area contributed by atoms with Crippen LogP contribution in [-0.4, -0.2) is 24.5 Å². The van der Waals surface area contributed by atoms with Crippen molar-refractivity contribution < 1.29 is 4.79 Å². The van der Waals surface area contributed by atoms with E-state index in [-0.39, 0.29) is 11.3 Å². The van der Waals surface area contributed by atoms with E-state index in [0.717, 1.165) is 5.92 Å². The van der Waals surface area contributed by atoms with Gasteiger partial charge in [0.05, 0.1) is 6.54 Å². The second-order valence-corrected chi connectivity index (χ2v) is 7.45. The van der Waals surface area contributed by atoms with E-state index in [1.807, 2.05) is 0 Å². The molecule has 0 aliphatic heterocycles. The minimum atomic E-state index is 0.149. The number of nitrogens with one attached hydrogen (secondary N) is 2. The van der Waals surface area contributed by atoms with Gasteiger partial charge in [0.25, 0.3) is 0 Å². The summed E-state index contributed by atoms with van der Waals surface area (Å²) in [5, 5.41) is 6.49. The topological polar surface area (TPSA) is 41.1 Å². The third-order valence-corrected chi connectivity index (χ3v) is 5.25. The highest BCUT2D eigenvalue weighted by atomic mass is 16.2. The van der Waals surface area contributed by atoms with Gasteiger partial charge >= 0.3 is 0 Å². The molecular formula is C15H28N2O. The first-order valence-electron chi connectivity index (χ1n) is 7.28. The molecular weight excluding hydrogens is 224 g/mol. The zero-order chi connectivity index (χ0) is 13.6. The molecule has 3 atom stereocenters. The van der Waals surface area contributed by atoms with E-state index in [4.69, 9.17) is 0 Å². The van der Waals surface area contributed by atoms with Gasteiger partial charge in [-0.2, -0.15) is 0 Å². The Labute approximate surface area is 111 Å². The van der Waals surface area contributed by atoms with Crippen LogP contribution in [0.5, 0.6) is 0 Å². The van der Waals surface area contributed by atoms with Gasteiger partial charge in [0.15, 0.2) is 0 Å². The summed E-state index contributed by atoms with van der Waals surface area (Å²) >= 11 is 0. The van der Waals surface area contributed by atoms with Crippen molar-refractivity contribution in [2.24, 2.45) is 16.7 Å². The van der Waals surface area contributed by atoms with Crippen LogP contribution < -0.4 is 10.6 Å². The van der Waals surface area contributed by atoms with Crippen molar-refractivity contribution in [3.8, 4) is 0 Å². The maximum absolute atomic E-state index is 12.0. The monoisotopic (exact) mass is 252 g/mol. The van der Waals surface area contributed by atoms with E-state index in [9.17, 15) is 4.79 Å². The molecule has 2 aliphatic rings.